The average Bonchev–Trinajstić information content (AvgIpc) is 2.34. The van der Waals surface area contributed by atoms with Crippen LogP contribution in [0, 0.1) is 0 Å². The molecule has 0 aliphatic carbocycles. The fourth-order valence-corrected chi connectivity index (χ4v) is 3.93. The van der Waals surface area contributed by atoms with Gasteiger partial charge in [0.1, 0.15) is 0 Å². The first-order chi connectivity index (χ1) is 8.11. The molecule has 1 heterocycles. The summed E-state index contributed by atoms with van der Waals surface area (Å²) in [6.45, 7) is 1.80. The zero-order valence-corrected chi connectivity index (χ0v) is 11.6. The van der Waals surface area contributed by atoms with Crippen LogP contribution in [0.1, 0.15) is 25.7 Å². The molecule has 1 aliphatic rings. The van der Waals surface area contributed by atoms with E-state index >= 15 is 0 Å². The molecule has 102 valence electrons. The Labute approximate surface area is 105 Å². The summed E-state index contributed by atoms with van der Waals surface area (Å²) in [7, 11) is 0.283. The lowest BCUT2D eigenvalue weighted by Crippen LogP contribution is -2.46. The first kappa shape index (κ1) is 14.9. The third kappa shape index (κ3) is 4.54. The van der Waals surface area contributed by atoms with E-state index in [-0.39, 0.29) is 18.4 Å². The maximum atomic E-state index is 12.1. The highest BCUT2D eigenvalue weighted by Crippen LogP contribution is 2.22. The second kappa shape index (κ2) is 7.31. The summed E-state index contributed by atoms with van der Waals surface area (Å²) in [6.07, 6.45) is 3.98. The summed E-state index contributed by atoms with van der Waals surface area (Å²) < 4.78 is 30.8. The van der Waals surface area contributed by atoms with Crippen LogP contribution in [0.5, 0.6) is 0 Å². The van der Waals surface area contributed by atoms with Crippen LogP contribution in [-0.2, 0) is 14.8 Å². The first-order valence-electron chi connectivity index (χ1n) is 6.25. The van der Waals surface area contributed by atoms with Crippen molar-refractivity contribution < 1.29 is 13.2 Å². The highest BCUT2D eigenvalue weighted by atomic mass is 32.2. The van der Waals surface area contributed by atoms with Crippen LogP contribution in [0.3, 0.4) is 0 Å². The Bertz CT molecular complexity index is 306. The lowest BCUT2D eigenvalue weighted by molar-refractivity contribution is 0.208. The lowest BCUT2D eigenvalue weighted by atomic mass is 10.0. The van der Waals surface area contributed by atoms with Crippen LogP contribution < -0.4 is 5.32 Å². The minimum Gasteiger partial charge on any atom is -0.384 e. The molecule has 6 heteroatoms. The molecule has 0 aromatic carbocycles. The van der Waals surface area contributed by atoms with Crippen molar-refractivity contribution in [2.24, 2.45) is 0 Å². The molecule has 0 bridgehead atoms. The van der Waals surface area contributed by atoms with E-state index in [2.05, 4.69) is 5.32 Å². The Kier molecular flexibility index (Phi) is 6.40. The van der Waals surface area contributed by atoms with Gasteiger partial charge in [-0.1, -0.05) is 6.42 Å². The van der Waals surface area contributed by atoms with Gasteiger partial charge in [0.15, 0.2) is 0 Å². The largest absolute Gasteiger partial charge is 0.384 e. The zero-order valence-electron chi connectivity index (χ0n) is 10.8. The molecule has 0 radical (unpaired) electrons. The molecule has 0 amide bonds. The second-order valence-electron chi connectivity index (χ2n) is 4.46. The van der Waals surface area contributed by atoms with Gasteiger partial charge in [0.05, 0.1) is 12.4 Å². The van der Waals surface area contributed by atoms with Gasteiger partial charge >= 0.3 is 0 Å². The van der Waals surface area contributed by atoms with E-state index in [0.29, 0.717) is 6.54 Å². The summed E-state index contributed by atoms with van der Waals surface area (Å²) in [5, 5.41) is 3.08. The van der Waals surface area contributed by atoms with Crippen LogP contribution in [0.4, 0.5) is 0 Å². The predicted octanol–water partition coefficient (Wildman–Crippen LogP) is 0.427. The van der Waals surface area contributed by atoms with E-state index in [0.717, 1.165) is 32.2 Å². The molecule has 17 heavy (non-hydrogen) atoms. The van der Waals surface area contributed by atoms with Crippen LogP contribution >= 0.6 is 0 Å². The number of rotatable bonds is 7. The summed E-state index contributed by atoms with van der Waals surface area (Å²) in [6, 6.07) is 0.165. The molecule has 1 atom stereocenters. The van der Waals surface area contributed by atoms with Crippen molar-refractivity contribution in [2.75, 3.05) is 39.6 Å². The highest BCUT2D eigenvalue weighted by Gasteiger charge is 2.31. The number of hydrogen-bond acceptors (Lipinski definition) is 4. The van der Waals surface area contributed by atoms with Crippen LogP contribution in [0.15, 0.2) is 0 Å². The van der Waals surface area contributed by atoms with E-state index < -0.39 is 10.0 Å². The van der Waals surface area contributed by atoms with E-state index in [9.17, 15) is 8.42 Å². The van der Waals surface area contributed by atoms with Crippen molar-refractivity contribution in [3.8, 4) is 0 Å². The van der Waals surface area contributed by atoms with Crippen LogP contribution in [-0.4, -0.2) is 58.4 Å². The maximum Gasteiger partial charge on any atom is 0.216 e. The Morgan fingerprint density at radius 2 is 2.18 bits per heavy atom. The maximum absolute atomic E-state index is 12.1. The number of nitrogens with zero attached hydrogens (tertiary/aromatic N) is 1. The Balaban J connectivity index is 2.62. The van der Waals surface area contributed by atoms with Crippen LogP contribution in [0.2, 0.25) is 0 Å². The average molecular weight is 264 g/mol. The smallest absolute Gasteiger partial charge is 0.216 e. The molecule has 0 aromatic rings. The SMILES string of the molecule is CNCCC1CCCCN1S(=O)(=O)CCOC. The van der Waals surface area contributed by atoms with Crippen molar-refractivity contribution in [2.45, 2.75) is 31.7 Å². The summed E-state index contributed by atoms with van der Waals surface area (Å²) in [4.78, 5) is 0. The van der Waals surface area contributed by atoms with Gasteiger partial charge in [-0.05, 0) is 32.9 Å². The third-order valence-corrected chi connectivity index (χ3v) is 5.08. The standard InChI is InChI=1S/C11H24N2O3S/c1-12-7-6-11-5-3-4-8-13(11)17(14,15)10-9-16-2/h11-12H,3-10H2,1-2H3. The van der Waals surface area contributed by atoms with Gasteiger partial charge in [-0.2, -0.15) is 4.31 Å². The quantitative estimate of drug-likeness (QED) is 0.724. The Morgan fingerprint density at radius 3 is 2.82 bits per heavy atom. The molecule has 5 nitrogen and oxygen atoms in total. The van der Waals surface area contributed by atoms with Crippen LogP contribution in [0.25, 0.3) is 0 Å². The number of hydrogen-bond donors (Lipinski definition) is 1. The summed E-state index contributed by atoms with van der Waals surface area (Å²) in [5.41, 5.74) is 0. The van der Waals surface area contributed by atoms with Gasteiger partial charge in [-0.25, -0.2) is 8.42 Å². The van der Waals surface area contributed by atoms with Crippen molar-refractivity contribution in [3.05, 3.63) is 0 Å². The molecule has 1 N–H and O–H groups in total. The van der Waals surface area contributed by atoms with E-state index in [4.69, 9.17) is 4.74 Å². The molecular weight excluding hydrogens is 240 g/mol. The van der Waals surface area contributed by atoms with Gasteiger partial charge in [0.2, 0.25) is 10.0 Å². The molecule has 1 unspecified atom stereocenters. The summed E-state index contributed by atoms with van der Waals surface area (Å²) >= 11 is 0. The van der Waals surface area contributed by atoms with Crippen molar-refractivity contribution in [1.29, 1.82) is 0 Å². The molecule has 1 aliphatic heterocycles. The minimum atomic E-state index is -3.14. The molecule has 0 spiro atoms. The third-order valence-electron chi connectivity index (χ3n) is 3.20. The molecular formula is C11H24N2O3S. The number of sulfonamides is 1. The normalized spacial score (nSPS) is 22.8. The van der Waals surface area contributed by atoms with Crippen molar-refractivity contribution in [1.82, 2.24) is 9.62 Å². The fraction of sp³-hybridized carbons (Fsp3) is 1.00. The Hall–Kier alpha value is -0.170. The fourth-order valence-electron chi connectivity index (χ4n) is 2.25. The van der Waals surface area contributed by atoms with E-state index in [1.54, 1.807) is 4.31 Å². The van der Waals surface area contributed by atoms with E-state index in [1.165, 1.54) is 7.11 Å². The van der Waals surface area contributed by atoms with Gasteiger partial charge < -0.3 is 10.1 Å². The molecule has 0 aromatic heterocycles. The minimum absolute atomic E-state index is 0.0968. The number of methoxy groups -OCH3 is 1. The highest BCUT2D eigenvalue weighted by molar-refractivity contribution is 7.89. The van der Waals surface area contributed by atoms with Gasteiger partial charge in [0, 0.05) is 19.7 Å². The molecule has 0 saturated carbocycles. The lowest BCUT2D eigenvalue weighted by Gasteiger charge is -2.34. The first-order valence-corrected chi connectivity index (χ1v) is 7.86. The number of ether oxygens (including phenoxy) is 1. The topological polar surface area (TPSA) is 58.6 Å². The molecule has 1 saturated heterocycles. The molecule has 1 rings (SSSR count). The monoisotopic (exact) mass is 264 g/mol. The van der Waals surface area contributed by atoms with Gasteiger partial charge in [-0.15, -0.1) is 0 Å². The second-order valence-corrected chi connectivity index (χ2v) is 6.50. The number of piperidine rings is 1. The van der Waals surface area contributed by atoms with Gasteiger partial charge in [-0.3, -0.25) is 0 Å². The van der Waals surface area contributed by atoms with Crippen molar-refractivity contribution >= 4 is 10.0 Å². The predicted molar refractivity (Wildman–Crippen MR) is 68.6 cm³/mol. The van der Waals surface area contributed by atoms with Crippen molar-refractivity contribution in [3.63, 3.8) is 0 Å². The number of nitrogens with one attached hydrogen (secondary N) is 1. The van der Waals surface area contributed by atoms with Gasteiger partial charge in [0.25, 0.3) is 0 Å². The summed E-state index contributed by atoms with van der Waals surface area (Å²) in [5.74, 6) is 0.0968. The van der Waals surface area contributed by atoms with E-state index in [1.807, 2.05) is 7.05 Å². The zero-order chi connectivity index (χ0) is 12.7. The Morgan fingerprint density at radius 1 is 1.41 bits per heavy atom. The molecule has 1 fully saturated rings.